The Balaban J connectivity index is 1.08. The molecular formula is C25H26F2N10. The number of halogens is 2. The van der Waals surface area contributed by atoms with Crippen molar-refractivity contribution < 1.29 is 8.78 Å². The molecule has 1 spiro atoms. The van der Waals surface area contributed by atoms with Crippen molar-refractivity contribution in [3.05, 3.63) is 54.9 Å². The molecule has 5 heterocycles. The summed E-state index contributed by atoms with van der Waals surface area (Å²) in [7, 11) is 1.83. The Bertz CT molecular complexity index is 1390. The number of pyridine rings is 1. The van der Waals surface area contributed by atoms with E-state index in [0.29, 0.717) is 11.8 Å². The number of rotatable bonds is 7. The van der Waals surface area contributed by atoms with Gasteiger partial charge in [-0.1, -0.05) is 12.1 Å². The Hall–Kier alpha value is -4.19. The van der Waals surface area contributed by atoms with Gasteiger partial charge in [-0.3, -0.25) is 4.90 Å². The normalized spacial score (nSPS) is 16.6. The van der Waals surface area contributed by atoms with Crippen LogP contribution in [0.25, 0.3) is 22.6 Å². The third-order valence-corrected chi connectivity index (χ3v) is 6.77. The summed E-state index contributed by atoms with van der Waals surface area (Å²) in [6, 6.07) is 13.5. The van der Waals surface area contributed by atoms with Crippen LogP contribution in [0.15, 0.2) is 54.9 Å². The minimum atomic E-state index is -2.27. The largest absolute Gasteiger partial charge is 0.368 e. The zero-order valence-corrected chi connectivity index (χ0v) is 20.2. The maximum Gasteiger partial charge on any atom is 0.251 e. The number of nitrogens with one attached hydrogen (secondary N) is 1. The number of nitrogens with two attached hydrogens (primary N) is 1. The van der Waals surface area contributed by atoms with Crippen molar-refractivity contribution in [2.75, 3.05) is 48.7 Å². The van der Waals surface area contributed by atoms with Crippen molar-refractivity contribution >= 4 is 23.4 Å². The number of likely N-dealkylation sites (tertiary alicyclic amines) is 1. The molecule has 0 saturated carbocycles. The molecule has 0 unspecified atom stereocenters. The lowest BCUT2D eigenvalue weighted by molar-refractivity contribution is -0.0514. The summed E-state index contributed by atoms with van der Waals surface area (Å²) in [5.41, 5.74) is 9.18. The zero-order chi connectivity index (χ0) is 25.6. The van der Waals surface area contributed by atoms with Crippen LogP contribution < -0.4 is 16.0 Å². The molecule has 37 heavy (non-hydrogen) atoms. The molecule has 2 saturated heterocycles. The number of aromatic nitrogens is 6. The Kier molecular flexibility index (Phi) is 5.67. The van der Waals surface area contributed by atoms with Crippen LogP contribution in [-0.2, 0) is 7.05 Å². The van der Waals surface area contributed by atoms with Crippen LogP contribution >= 0.6 is 0 Å². The van der Waals surface area contributed by atoms with Crippen molar-refractivity contribution in [1.82, 2.24) is 34.6 Å². The lowest BCUT2D eigenvalue weighted by Gasteiger charge is -2.60. The highest BCUT2D eigenvalue weighted by molar-refractivity contribution is 5.66. The molecule has 3 aromatic heterocycles. The molecule has 190 valence electrons. The average molecular weight is 505 g/mol. The predicted octanol–water partition coefficient (Wildman–Crippen LogP) is 3.05. The number of nitrogens with zero attached hydrogens (tertiary/aromatic N) is 8. The number of hydrogen-bond donors (Lipinski definition) is 2. The van der Waals surface area contributed by atoms with E-state index in [9.17, 15) is 8.78 Å². The Morgan fingerprint density at radius 2 is 1.73 bits per heavy atom. The first-order chi connectivity index (χ1) is 17.9. The Labute approximate surface area is 212 Å². The van der Waals surface area contributed by atoms with Gasteiger partial charge in [0.1, 0.15) is 5.82 Å². The van der Waals surface area contributed by atoms with Crippen LogP contribution in [0.4, 0.5) is 32.2 Å². The fourth-order valence-corrected chi connectivity index (χ4v) is 5.06. The van der Waals surface area contributed by atoms with Crippen LogP contribution in [-0.4, -0.2) is 73.8 Å². The lowest BCUT2D eigenvalue weighted by Crippen LogP contribution is -2.72. The lowest BCUT2D eigenvalue weighted by atomic mass is 9.73. The van der Waals surface area contributed by atoms with Gasteiger partial charge in [-0.25, -0.2) is 28.4 Å². The van der Waals surface area contributed by atoms with E-state index in [0.717, 1.165) is 54.5 Å². The van der Waals surface area contributed by atoms with Crippen molar-refractivity contribution in [2.45, 2.75) is 6.43 Å². The molecule has 2 aliphatic heterocycles. The summed E-state index contributed by atoms with van der Waals surface area (Å²) in [4.78, 5) is 21.4. The molecule has 6 rings (SSSR count). The number of nitrogen functional groups attached to an aromatic ring is 1. The minimum absolute atomic E-state index is 0.132. The number of benzene rings is 1. The predicted molar refractivity (Wildman–Crippen MR) is 136 cm³/mol. The van der Waals surface area contributed by atoms with Gasteiger partial charge in [-0.05, 0) is 30.3 Å². The Morgan fingerprint density at radius 1 is 0.973 bits per heavy atom. The molecule has 2 aliphatic rings. The monoisotopic (exact) mass is 504 g/mol. The van der Waals surface area contributed by atoms with Crippen LogP contribution in [0.3, 0.4) is 0 Å². The van der Waals surface area contributed by atoms with E-state index in [-0.39, 0.29) is 17.9 Å². The van der Waals surface area contributed by atoms with Gasteiger partial charge >= 0.3 is 0 Å². The fourth-order valence-electron chi connectivity index (χ4n) is 5.06. The van der Waals surface area contributed by atoms with E-state index >= 15 is 0 Å². The summed E-state index contributed by atoms with van der Waals surface area (Å²) in [5, 5.41) is 7.82. The second-order valence-electron chi connectivity index (χ2n) is 9.71. The molecule has 1 aromatic carbocycles. The first-order valence-electron chi connectivity index (χ1n) is 11.9. The first kappa shape index (κ1) is 23.2. The molecule has 12 heteroatoms. The number of anilines is 4. The third kappa shape index (κ3) is 4.67. The van der Waals surface area contributed by atoms with Gasteiger partial charge in [-0.15, -0.1) is 5.10 Å². The van der Waals surface area contributed by atoms with Gasteiger partial charge in [0.2, 0.25) is 11.9 Å². The van der Waals surface area contributed by atoms with Crippen LogP contribution in [0.5, 0.6) is 0 Å². The van der Waals surface area contributed by atoms with Crippen LogP contribution in [0, 0.1) is 5.41 Å². The SMILES string of the molecule is Cn1nc(-c2ccc(N3CC4(CN(CC(F)F)C4)C3)nc2)nc1Nc1ccc(-c2ccnc(N)n2)cc1. The van der Waals surface area contributed by atoms with Crippen LogP contribution in [0.2, 0.25) is 0 Å². The highest BCUT2D eigenvalue weighted by atomic mass is 19.3. The molecule has 2 fully saturated rings. The first-order valence-corrected chi connectivity index (χ1v) is 11.9. The highest BCUT2D eigenvalue weighted by Crippen LogP contribution is 2.41. The maximum absolute atomic E-state index is 12.5. The summed E-state index contributed by atoms with van der Waals surface area (Å²) in [6.45, 7) is 3.03. The second-order valence-corrected chi connectivity index (χ2v) is 9.71. The van der Waals surface area contributed by atoms with Crippen LogP contribution in [0.1, 0.15) is 0 Å². The van der Waals surface area contributed by atoms with E-state index in [1.807, 2.05) is 54.4 Å². The number of hydrogen-bond acceptors (Lipinski definition) is 9. The second kappa shape index (κ2) is 9.04. The molecule has 4 aromatic rings. The highest BCUT2D eigenvalue weighted by Gasteiger charge is 2.52. The van der Waals surface area contributed by atoms with Gasteiger partial charge in [0.25, 0.3) is 6.43 Å². The molecule has 0 aliphatic carbocycles. The summed E-state index contributed by atoms with van der Waals surface area (Å²) in [5.74, 6) is 2.28. The molecule has 0 atom stereocenters. The topological polar surface area (TPSA) is 114 Å². The van der Waals surface area contributed by atoms with E-state index in [1.165, 1.54) is 0 Å². The summed E-state index contributed by atoms with van der Waals surface area (Å²) in [6.07, 6.45) is 1.13. The van der Waals surface area contributed by atoms with Gasteiger partial charge in [0, 0.05) is 67.8 Å². The van der Waals surface area contributed by atoms with Crippen molar-refractivity contribution in [1.29, 1.82) is 0 Å². The van der Waals surface area contributed by atoms with E-state index in [4.69, 9.17) is 5.73 Å². The van der Waals surface area contributed by atoms with E-state index < -0.39 is 6.43 Å². The molecule has 0 radical (unpaired) electrons. The van der Waals surface area contributed by atoms with Crippen molar-refractivity contribution in [3.63, 3.8) is 0 Å². The molecule has 10 nitrogen and oxygen atoms in total. The van der Waals surface area contributed by atoms with Gasteiger partial charge < -0.3 is 16.0 Å². The molecule has 0 amide bonds. The fraction of sp³-hybridized carbons (Fsp3) is 0.320. The van der Waals surface area contributed by atoms with Crippen molar-refractivity contribution in [3.8, 4) is 22.6 Å². The van der Waals surface area contributed by atoms with Gasteiger partial charge in [0.05, 0.1) is 12.2 Å². The van der Waals surface area contributed by atoms with Crippen molar-refractivity contribution in [2.24, 2.45) is 12.5 Å². The van der Waals surface area contributed by atoms with E-state index in [2.05, 4.69) is 35.3 Å². The summed E-state index contributed by atoms with van der Waals surface area (Å²) < 4.78 is 26.8. The smallest absolute Gasteiger partial charge is 0.251 e. The van der Waals surface area contributed by atoms with Gasteiger partial charge in [-0.2, -0.15) is 4.98 Å². The van der Waals surface area contributed by atoms with E-state index in [1.54, 1.807) is 17.1 Å². The summed E-state index contributed by atoms with van der Waals surface area (Å²) >= 11 is 0. The molecule has 0 bridgehead atoms. The molecule has 3 N–H and O–H groups in total. The Morgan fingerprint density at radius 3 is 2.41 bits per heavy atom. The standard InChI is InChI=1S/C25H26F2N10/c1-35-24(31-18-5-2-16(3-6-18)19-8-9-29-23(28)32-19)33-22(34-35)17-4-7-21(30-10-17)37-14-25(15-37)12-36(13-25)11-20(26)27/h2-10,20H,11-15H2,1H3,(H2,28,29,32)(H,31,33,34). The number of aryl methyl sites for hydroxylation is 1. The average Bonchev–Trinajstić information content (AvgIpc) is 3.20. The zero-order valence-electron chi connectivity index (χ0n) is 20.2. The molecular weight excluding hydrogens is 478 g/mol. The quantitative estimate of drug-likeness (QED) is 0.392. The minimum Gasteiger partial charge on any atom is -0.368 e. The number of alkyl halides is 2. The maximum atomic E-state index is 12.5. The van der Waals surface area contributed by atoms with Gasteiger partial charge in [0.15, 0.2) is 5.82 Å². The third-order valence-electron chi connectivity index (χ3n) is 6.77.